The maximum absolute atomic E-state index is 12.6. The SMILES string of the molecule is COc1ccc(O)c(/C=N\n2cnc3c([nH]c4ccccc43)c2=O)c1. The Morgan fingerprint density at radius 2 is 2.12 bits per heavy atom. The van der Waals surface area contributed by atoms with Crippen molar-refractivity contribution in [3.8, 4) is 11.5 Å². The third-order valence-electron chi connectivity index (χ3n) is 3.95. The highest BCUT2D eigenvalue weighted by Crippen LogP contribution is 2.22. The molecule has 0 saturated heterocycles. The number of aromatic hydroxyl groups is 1. The number of para-hydroxylation sites is 1. The average Bonchev–Trinajstić information content (AvgIpc) is 3.02. The van der Waals surface area contributed by atoms with E-state index < -0.39 is 0 Å². The van der Waals surface area contributed by atoms with E-state index >= 15 is 0 Å². The van der Waals surface area contributed by atoms with E-state index in [2.05, 4.69) is 15.1 Å². The van der Waals surface area contributed by atoms with Gasteiger partial charge in [-0.25, -0.2) is 4.98 Å². The number of fused-ring (bicyclic) bond motifs is 3. The molecule has 0 bridgehead atoms. The lowest BCUT2D eigenvalue weighted by atomic mass is 10.2. The summed E-state index contributed by atoms with van der Waals surface area (Å²) in [6, 6.07) is 12.3. The fourth-order valence-corrected chi connectivity index (χ4v) is 2.67. The van der Waals surface area contributed by atoms with Crippen LogP contribution in [0.1, 0.15) is 5.56 Å². The molecular formula is C18H14N4O3. The second kappa shape index (κ2) is 5.79. The van der Waals surface area contributed by atoms with Gasteiger partial charge >= 0.3 is 0 Å². The maximum atomic E-state index is 12.6. The van der Waals surface area contributed by atoms with Crippen LogP contribution in [0.2, 0.25) is 0 Å². The number of nitrogens with zero attached hydrogens (tertiary/aromatic N) is 3. The highest BCUT2D eigenvalue weighted by Gasteiger charge is 2.10. The molecule has 0 amide bonds. The zero-order valence-electron chi connectivity index (χ0n) is 13.3. The van der Waals surface area contributed by atoms with E-state index in [0.29, 0.717) is 22.3 Å². The number of phenols is 1. The third-order valence-corrected chi connectivity index (χ3v) is 3.95. The molecule has 0 aliphatic carbocycles. The Morgan fingerprint density at radius 3 is 2.96 bits per heavy atom. The van der Waals surface area contributed by atoms with E-state index in [-0.39, 0.29) is 11.3 Å². The number of aromatic nitrogens is 3. The first-order valence-electron chi connectivity index (χ1n) is 7.57. The number of rotatable bonds is 3. The minimum Gasteiger partial charge on any atom is -0.507 e. The van der Waals surface area contributed by atoms with Crippen LogP contribution < -0.4 is 10.3 Å². The second-order valence-electron chi connectivity index (χ2n) is 5.46. The van der Waals surface area contributed by atoms with Gasteiger partial charge in [0.05, 0.1) is 13.3 Å². The lowest BCUT2D eigenvalue weighted by Crippen LogP contribution is -2.17. The van der Waals surface area contributed by atoms with Gasteiger partial charge in [-0.2, -0.15) is 9.78 Å². The van der Waals surface area contributed by atoms with Gasteiger partial charge < -0.3 is 14.8 Å². The van der Waals surface area contributed by atoms with Crippen LogP contribution in [0.5, 0.6) is 11.5 Å². The number of hydrogen-bond donors (Lipinski definition) is 2. The molecule has 0 unspecified atom stereocenters. The molecule has 0 atom stereocenters. The first kappa shape index (κ1) is 14.9. The van der Waals surface area contributed by atoms with Gasteiger partial charge in [0.1, 0.15) is 28.9 Å². The average molecular weight is 334 g/mol. The molecule has 7 heteroatoms. The van der Waals surface area contributed by atoms with Crippen molar-refractivity contribution in [2.45, 2.75) is 0 Å². The van der Waals surface area contributed by atoms with Crippen molar-refractivity contribution in [1.82, 2.24) is 14.6 Å². The lowest BCUT2D eigenvalue weighted by Gasteiger charge is -2.03. The Balaban J connectivity index is 1.81. The minimum absolute atomic E-state index is 0.0391. The third kappa shape index (κ3) is 2.51. The Morgan fingerprint density at radius 1 is 1.28 bits per heavy atom. The summed E-state index contributed by atoms with van der Waals surface area (Å²) < 4.78 is 6.24. The van der Waals surface area contributed by atoms with Crippen LogP contribution in [0.15, 0.2) is 58.7 Å². The van der Waals surface area contributed by atoms with Crippen LogP contribution >= 0.6 is 0 Å². The molecular weight excluding hydrogens is 320 g/mol. The van der Waals surface area contributed by atoms with Crippen LogP contribution in [0, 0.1) is 0 Å². The van der Waals surface area contributed by atoms with Gasteiger partial charge in [0, 0.05) is 16.5 Å². The number of hydrogen-bond acceptors (Lipinski definition) is 5. The van der Waals surface area contributed by atoms with Crippen LogP contribution in [-0.4, -0.2) is 33.1 Å². The van der Waals surface area contributed by atoms with Gasteiger partial charge in [-0.15, -0.1) is 0 Å². The summed E-state index contributed by atoms with van der Waals surface area (Å²) in [6.45, 7) is 0. The first-order chi connectivity index (χ1) is 12.2. The van der Waals surface area contributed by atoms with E-state index in [1.165, 1.54) is 25.7 Å². The van der Waals surface area contributed by atoms with Gasteiger partial charge in [-0.05, 0) is 24.3 Å². The zero-order valence-corrected chi connectivity index (χ0v) is 13.3. The summed E-state index contributed by atoms with van der Waals surface area (Å²) in [5.74, 6) is 0.619. The molecule has 2 heterocycles. The fraction of sp³-hybridized carbons (Fsp3) is 0.0556. The molecule has 124 valence electrons. The molecule has 0 radical (unpaired) electrons. The van der Waals surface area contributed by atoms with E-state index in [4.69, 9.17) is 4.74 Å². The van der Waals surface area contributed by atoms with Gasteiger partial charge in [-0.1, -0.05) is 18.2 Å². The first-order valence-corrected chi connectivity index (χ1v) is 7.57. The van der Waals surface area contributed by atoms with Crippen molar-refractivity contribution in [2.24, 2.45) is 5.10 Å². The summed E-state index contributed by atoms with van der Waals surface area (Å²) in [4.78, 5) is 20.0. The normalized spacial score (nSPS) is 11.6. The second-order valence-corrected chi connectivity index (χ2v) is 5.46. The summed E-state index contributed by atoms with van der Waals surface area (Å²) in [6.07, 6.45) is 2.74. The molecule has 0 aliphatic heterocycles. The predicted molar refractivity (Wildman–Crippen MR) is 95.5 cm³/mol. The van der Waals surface area contributed by atoms with Crippen molar-refractivity contribution < 1.29 is 9.84 Å². The number of methoxy groups -OCH3 is 1. The monoisotopic (exact) mass is 334 g/mol. The number of benzene rings is 2. The molecule has 7 nitrogen and oxygen atoms in total. The number of aromatic amines is 1. The van der Waals surface area contributed by atoms with Crippen LogP contribution in [0.25, 0.3) is 21.9 Å². The molecule has 0 saturated carbocycles. The van der Waals surface area contributed by atoms with Gasteiger partial charge in [0.2, 0.25) is 0 Å². The van der Waals surface area contributed by atoms with Gasteiger partial charge in [0.15, 0.2) is 0 Å². The van der Waals surface area contributed by atoms with Crippen LogP contribution in [-0.2, 0) is 0 Å². The quantitative estimate of drug-likeness (QED) is 0.563. The van der Waals surface area contributed by atoms with Crippen LogP contribution in [0.3, 0.4) is 0 Å². The molecule has 2 aromatic heterocycles. The molecule has 25 heavy (non-hydrogen) atoms. The lowest BCUT2D eigenvalue weighted by molar-refractivity contribution is 0.412. The Kier molecular flexibility index (Phi) is 3.46. The standard InChI is InChI=1S/C18H14N4O3/c1-25-12-6-7-15(23)11(8-12)9-20-22-10-19-16-13-4-2-3-5-14(13)21-17(16)18(22)24/h2-10,21,23H,1H3/b20-9-. The number of H-pyrrole nitrogens is 1. The fourth-order valence-electron chi connectivity index (χ4n) is 2.67. The minimum atomic E-state index is -0.320. The smallest absolute Gasteiger partial charge is 0.298 e. The molecule has 2 N–H and O–H groups in total. The van der Waals surface area contributed by atoms with Crippen molar-refractivity contribution in [2.75, 3.05) is 7.11 Å². The largest absolute Gasteiger partial charge is 0.507 e. The Labute approximate surface area is 141 Å². The molecule has 4 aromatic rings. The van der Waals surface area contributed by atoms with Gasteiger partial charge in [0.25, 0.3) is 5.56 Å². The van der Waals surface area contributed by atoms with Crippen LogP contribution in [0.4, 0.5) is 0 Å². The summed E-state index contributed by atoms with van der Waals surface area (Å²) >= 11 is 0. The Hall–Kier alpha value is -3.61. The molecule has 0 fully saturated rings. The maximum Gasteiger partial charge on any atom is 0.298 e. The number of phenolic OH excluding ortho intramolecular Hbond substituents is 1. The van der Waals surface area contributed by atoms with E-state index in [9.17, 15) is 9.90 Å². The summed E-state index contributed by atoms with van der Waals surface area (Å²) in [5, 5.41) is 14.9. The Bertz CT molecular complexity index is 1170. The van der Waals surface area contributed by atoms with Crippen molar-refractivity contribution in [3.63, 3.8) is 0 Å². The van der Waals surface area contributed by atoms with Gasteiger partial charge in [-0.3, -0.25) is 4.79 Å². The summed E-state index contributed by atoms with van der Waals surface area (Å²) in [7, 11) is 1.53. The van der Waals surface area contributed by atoms with E-state index in [1.807, 2.05) is 24.3 Å². The highest BCUT2D eigenvalue weighted by atomic mass is 16.5. The molecule has 0 spiro atoms. The predicted octanol–water partition coefficient (Wildman–Crippen LogP) is 2.47. The zero-order chi connectivity index (χ0) is 17.4. The highest BCUT2D eigenvalue weighted by molar-refractivity contribution is 6.04. The molecule has 2 aromatic carbocycles. The molecule has 4 rings (SSSR count). The van der Waals surface area contributed by atoms with Crippen molar-refractivity contribution >= 4 is 28.2 Å². The molecule has 0 aliphatic rings. The summed E-state index contributed by atoms with van der Waals surface area (Å²) in [5.41, 5.74) is 1.95. The number of nitrogens with one attached hydrogen (secondary N) is 1. The van der Waals surface area contributed by atoms with E-state index in [1.54, 1.807) is 12.1 Å². The van der Waals surface area contributed by atoms with Crippen molar-refractivity contribution in [3.05, 3.63) is 64.7 Å². The topological polar surface area (TPSA) is 92.5 Å². The van der Waals surface area contributed by atoms with Crippen molar-refractivity contribution in [1.29, 1.82) is 0 Å². The number of ether oxygens (including phenoxy) is 1. The van der Waals surface area contributed by atoms with E-state index in [0.717, 1.165) is 15.6 Å².